The van der Waals surface area contributed by atoms with E-state index in [1.165, 1.54) is 17.8 Å². The zero-order chi connectivity index (χ0) is 16.9. The van der Waals surface area contributed by atoms with E-state index in [4.69, 9.17) is 4.74 Å². The molecule has 126 valence electrons. The Labute approximate surface area is 143 Å². The number of hydrogen-bond donors (Lipinski definition) is 1. The highest BCUT2D eigenvalue weighted by molar-refractivity contribution is 8.00. The number of fused-ring (bicyclic) bond motifs is 1. The second-order valence-corrected chi connectivity index (χ2v) is 6.71. The zero-order valence-electron chi connectivity index (χ0n) is 12.9. The molecule has 0 saturated carbocycles. The second-order valence-electron chi connectivity index (χ2n) is 5.66. The van der Waals surface area contributed by atoms with Crippen LogP contribution < -0.4 is 10.1 Å². The van der Waals surface area contributed by atoms with Crippen LogP contribution in [0.3, 0.4) is 0 Å². The van der Waals surface area contributed by atoms with Crippen LogP contribution in [0.1, 0.15) is 5.56 Å². The fourth-order valence-corrected chi connectivity index (χ4v) is 3.30. The molecule has 0 bridgehead atoms. The van der Waals surface area contributed by atoms with Gasteiger partial charge in [0.2, 0.25) is 5.91 Å². The third-order valence-electron chi connectivity index (χ3n) is 3.80. The van der Waals surface area contributed by atoms with Crippen molar-refractivity contribution in [1.82, 2.24) is 5.32 Å². The third kappa shape index (κ3) is 4.26. The molecule has 0 aliphatic carbocycles. The van der Waals surface area contributed by atoms with E-state index in [9.17, 15) is 13.6 Å². The summed E-state index contributed by atoms with van der Waals surface area (Å²) in [5.74, 6) is -0.621. The topological polar surface area (TPSA) is 38.3 Å². The number of hydrogen-bond acceptors (Lipinski definition) is 3. The molecule has 1 aliphatic rings. The Balaban J connectivity index is 1.44. The van der Waals surface area contributed by atoms with Gasteiger partial charge in [0.05, 0.1) is 12.4 Å². The molecule has 1 N–H and O–H groups in total. The van der Waals surface area contributed by atoms with Gasteiger partial charge in [0.15, 0.2) is 11.6 Å². The number of benzene rings is 2. The van der Waals surface area contributed by atoms with Gasteiger partial charge in [0, 0.05) is 17.4 Å². The normalized spacial score (nSPS) is 16.2. The van der Waals surface area contributed by atoms with Crippen LogP contribution >= 0.6 is 11.8 Å². The van der Waals surface area contributed by atoms with Gasteiger partial charge in [0.1, 0.15) is 5.75 Å². The molecular weight excluding hydrogens is 332 g/mol. The maximum absolute atomic E-state index is 13.1. The van der Waals surface area contributed by atoms with Gasteiger partial charge in [-0.05, 0) is 36.2 Å². The van der Waals surface area contributed by atoms with Crippen molar-refractivity contribution in [3.05, 3.63) is 59.7 Å². The largest absolute Gasteiger partial charge is 0.493 e. The highest BCUT2D eigenvalue weighted by Gasteiger charge is 2.19. The summed E-state index contributed by atoms with van der Waals surface area (Å²) >= 11 is 1.18. The average molecular weight is 349 g/mol. The van der Waals surface area contributed by atoms with Crippen molar-refractivity contribution in [3.8, 4) is 5.75 Å². The monoisotopic (exact) mass is 349 g/mol. The van der Waals surface area contributed by atoms with Gasteiger partial charge in [-0.3, -0.25) is 4.79 Å². The summed E-state index contributed by atoms with van der Waals surface area (Å²) in [4.78, 5) is 12.4. The Bertz CT molecular complexity index is 739. The Morgan fingerprint density at radius 3 is 2.88 bits per heavy atom. The van der Waals surface area contributed by atoms with Gasteiger partial charge >= 0.3 is 0 Å². The molecule has 6 heteroatoms. The first-order valence-corrected chi connectivity index (χ1v) is 8.65. The molecule has 0 radical (unpaired) electrons. The number of rotatable bonds is 5. The number of carbonyl (C=O) groups is 1. The van der Waals surface area contributed by atoms with E-state index in [0.717, 1.165) is 29.9 Å². The number of amides is 1. The van der Waals surface area contributed by atoms with Crippen LogP contribution in [0.4, 0.5) is 8.78 Å². The molecule has 2 aromatic rings. The highest BCUT2D eigenvalue weighted by Crippen LogP contribution is 2.26. The van der Waals surface area contributed by atoms with Crippen molar-refractivity contribution in [2.24, 2.45) is 5.92 Å². The van der Waals surface area contributed by atoms with E-state index in [1.807, 2.05) is 24.3 Å². The van der Waals surface area contributed by atoms with Gasteiger partial charge in [-0.15, -0.1) is 11.8 Å². The minimum absolute atomic E-state index is 0.136. The van der Waals surface area contributed by atoms with Gasteiger partial charge in [-0.1, -0.05) is 18.2 Å². The number of para-hydroxylation sites is 1. The molecule has 1 aliphatic heterocycles. The van der Waals surface area contributed by atoms with Crippen molar-refractivity contribution in [3.63, 3.8) is 0 Å². The molecule has 0 spiro atoms. The molecule has 0 aromatic heterocycles. The standard InChI is InChI=1S/C18H17F2NO2S/c19-15-6-5-14(8-16(15)20)24-11-18(22)21-9-12-7-13-3-1-2-4-17(13)23-10-12/h1-6,8,12H,7,9-11H2,(H,21,22). The molecule has 2 aromatic carbocycles. The lowest BCUT2D eigenvalue weighted by Crippen LogP contribution is -2.35. The predicted molar refractivity (Wildman–Crippen MR) is 89.2 cm³/mol. The van der Waals surface area contributed by atoms with Crippen molar-refractivity contribution in [1.29, 1.82) is 0 Å². The SMILES string of the molecule is O=C(CSc1ccc(F)c(F)c1)NCC1COc2ccccc2C1. The summed E-state index contributed by atoms with van der Waals surface area (Å²) in [5, 5.41) is 2.87. The molecule has 3 nitrogen and oxygen atoms in total. The Hall–Kier alpha value is -2.08. The molecule has 1 heterocycles. The summed E-state index contributed by atoms with van der Waals surface area (Å²) < 4.78 is 31.7. The minimum atomic E-state index is -0.904. The van der Waals surface area contributed by atoms with E-state index >= 15 is 0 Å². The predicted octanol–water partition coefficient (Wildman–Crippen LogP) is 3.42. The Morgan fingerprint density at radius 1 is 1.21 bits per heavy atom. The van der Waals surface area contributed by atoms with Crippen LogP contribution in [0.25, 0.3) is 0 Å². The van der Waals surface area contributed by atoms with Crippen molar-refractivity contribution >= 4 is 17.7 Å². The van der Waals surface area contributed by atoms with Gasteiger partial charge in [-0.25, -0.2) is 8.78 Å². The van der Waals surface area contributed by atoms with Gasteiger partial charge in [0.25, 0.3) is 0 Å². The third-order valence-corrected chi connectivity index (χ3v) is 4.80. The first-order chi connectivity index (χ1) is 11.6. The second kappa shape index (κ2) is 7.66. The molecule has 3 rings (SSSR count). The van der Waals surface area contributed by atoms with Crippen molar-refractivity contribution in [2.45, 2.75) is 11.3 Å². The van der Waals surface area contributed by atoms with Crippen LogP contribution in [0.5, 0.6) is 5.75 Å². The summed E-state index contributed by atoms with van der Waals surface area (Å²) in [7, 11) is 0. The molecule has 0 fully saturated rings. The first-order valence-electron chi connectivity index (χ1n) is 7.67. The molecule has 24 heavy (non-hydrogen) atoms. The summed E-state index contributed by atoms with van der Waals surface area (Å²) in [6, 6.07) is 11.5. The van der Waals surface area contributed by atoms with Crippen LogP contribution in [0.2, 0.25) is 0 Å². The molecule has 1 unspecified atom stereocenters. The Morgan fingerprint density at radius 2 is 2.04 bits per heavy atom. The fourth-order valence-electron chi connectivity index (χ4n) is 2.55. The average Bonchev–Trinajstić information content (AvgIpc) is 2.60. The number of thioether (sulfide) groups is 1. The lowest BCUT2D eigenvalue weighted by Gasteiger charge is -2.25. The summed E-state index contributed by atoms with van der Waals surface area (Å²) in [5.41, 5.74) is 1.15. The number of ether oxygens (including phenoxy) is 1. The van der Waals surface area contributed by atoms with E-state index in [0.29, 0.717) is 18.0 Å². The van der Waals surface area contributed by atoms with Gasteiger partial charge in [-0.2, -0.15) is 0 Å². The van der Waals surface area contributed by atoms with E-state index in [2.05, 4.69) is 5.32 Å². The van der Waals surface area contributed by atoms with Crippen LogP contribution in [0, 0.1) is 17.6 Å². The lowest BCUT2D eigenvalue weighted by molar-refractivity contribution is -0.118. The van der Waals surface area contributed by atoms with Crippen LogP contribution in [-0.2, 0) is 11.2 Å². The molecule has 0 saturated heterocycles. The highest BCUT2D eigenvalue weighted by atomic mass is 32.2. The number of nitrogens with one attached hydrogen (secondary N) is 1. The van der Waals surface area contributed by atoms with Crippen LogP contribution in [0.15, 0.2) is 47.4 Å². The summed E-state index contributed by atoms with van der Waals surface area (Å²) in [6.45, 7) is 1.11. The zero-order valence-corrected chi connectivity index (χ0v) is 13.7. The van der Waals surface area contributed by atoms with Crippen molar-refractivity contribution < 1.29 is 18.3 Å². The fraction of sp³-hybridized carbons (Fsp3) is 0.278. The number of halogens is 2. The quantitative estimate of drug-likeness (QED) is 0.841. The van der Waals surface area contributed by atoms with Crippen LogP contribution in [-0.4, -0.2) is 24.8 Å². The molecule has 1 amide bonds. The van der Waals surface area contributed by atoms with E-state index < -0.39 is 11.6 Å². The minimum Gasteiger partial charge on any atom is -0.493 e. The Kier molecular flexibility index (Phi) is 5.35. The maximum atomic E-state index is 13.1. The maximum Gasteiger partial charge on any atom is 0.230 e. The number of carbonyl (C=O) groups excluding carboxylic acids is 1. The molecule has 1 atom stereocenters. The first kappa shape index (κ1) is 16.8. The van der Waals surface area contributed by atoms with E-state index in [1.54, 1.807) is 0 Å². The smallest absolute Gasteiger partial charge is 0.230 e. The summed E-state index contributed by atoms with van der Waals surface area (Å²) in [6.07, 6.45) is 0.868. The lowest BCUT2D eigenvalue weighted by atomic mass is 9.97. The van der Waals surface area contributed by atoms with Crippen molar-refractivity contribution in [2.75, 3.05) is 18.9 Å². The van der Waals surface area contributed by atoms with Gasteiger partial charge < -0.3 is 10.1 Å². The molecular formula is C18H17F2NO2S. The van der Waals surface area contributed by atoms with E-state index in [-0.39, 0.29) is 17.6 Å².